The predicted molar refractivity (Wildman–Crippen MR) is 87.5 cm³/mol. The molecule has 7 nitrogen and oxygen atoms in total. The third-order valence-electron chi connectivity index (χ3n) is 4.90. The molecule has 27 heavy (non-hydrogen) atoms. The lowest BCUT2D eigenvalue weighted by Gasteiger charge is -2.28. The summed E-state index contributed by atoms with van der Waals surface area (Å²) in [6.45, 7) is 2.18. The molecule has 1 aromatic rings. The maximum atomic E-state index is 13.3. The number of ether oxygens (including phenoxy) is 1. The largest absolute Gasteiger partial charge is 0.474 e. The number of rotatable bonds is 3. The Labute approximate surface area is 153 Å². The van der Waals surface area contributed by atoms with Gasteiger partial charge in [0.1, 0.15) is 6.10 Å². The van der Waals surface area contributed by atoms with Crippen LogP contribution in [0.25, 0.3) is 0 Å². The van der Waals surface area contributed by atoms with Gasteiger partial charge in [0.25, 0.3) is 5.91 Å². The second-order valence-electron chi connectivity index (χ2n) is 6.76. The number of azo groups is 1. The lowest BCUT2D eigenvalue weighted by Crippen LogP contribution is -2.38. The number of alkyl halides is 3. The van der Waals surface area contributed by atoms with Crippen LogP contribution in [0.5, 0.6) is 5.88 Å². The Hall–Kier alpha value is -2.49. The molecule has 1 fully saturated rings. The summed E-state index contributed by atoms with van der Waals surface area (Å²) in [5.74, 6) is -3.10. The van der Waals surface area contributed by atoms with Crippen molar-refractivity contribution in [1.29, 1.82) is 0 Å². The summed E-state index contributed by atoms with van der Waals surface area (Å²) in [5, 5.41) is 9.73. The minimum Gasteiger partial charge on any atom is -0.474 e. The third-order valence-corrected chi connectivity index (χ3v) is 4.90. The number of fused-ring (bicyclic) bond motifs is 1. The first-order valence-corrected chi connectivity index (χ1v) is 8.74. The van der Waals surface area contributed by atoms with E-state index in [1.807, 2.05) is 6.07 Å². The Morgan fingerprint density at radius 3 is 2.70 bits per heavy atom. The number of carbonyl (C=O) groups is 1. The molecule has 1 atom stereocenters. The smallest absolute Gasteiger partial charge is 0.406 e. The van der Waals surface area contributed by atoms with Crippen LogP contribution >= 0.6 is 0 Å². The molecule has 1 saturated heterocycles. The van der Waals surface area contributed by atoms with Crippen molar-refractivity contribution in [2.45, 2.75) is 38.2 Å². The van der Waals surface area contributed by atoms with E-state index >= 15 is 0 Å². The molecule has 4 rings (SSSR count). The van der Waals surface area contributed by atoms with Gasteiger partial charge in [-0.15, -0.1) is 5.11 Å². The number of hydrogen-bond donors (Lipinski definition) is 1. The van der Waals surface area contributed by atoms with Crippen molar-refractivity contribution in [2.24, 2.45) is 16.1 Å². The molecule has 0 aliphatic carbocycles. The van der Waals surface area contributed by atoms with Crippen molar-refractivity contribution in [3.05, 3.63) is 35.3 Å². The van der Waals surface area contributed by atoms with Crippen LogP contribution < -0.4 is 10.1 Å². The molecule has 144 valence electrons. The van der Waals surface area contributed by atoms with Gasteiger partial charge in [-0.2, -0.15) is 18.3 Å². The number of halogens is 3. The highest BCUT2D eigenvalue weighted by atomic mass is 19.4. The fourth-order valence-corrected chi connectivity index (χ4v) is 3.54. The van der Waals surface area contributed by atoms with Gasteiger partial charge in [0, 0.05) is 12.6 Å². The SMILES string of the molecule is O=C1N=NC=C(N2Cc3ccc(OC4CCNCC4)nc3C2)C1C(F)(F)F. The second kappa shape index (κ2) is 6.91. The van der Waals surface area contributed by atoms with Gasteiger partial charge in [0.05, 0.1) is 24.1 Å². The maximum Gasteiger partial charge on any atom is 0.406 e. The third kappa shape index (κ3) is 3.66. The molecule has 1 N–H and O–H groups in total. The van der Waals surface area contributed by atoms with Gasteiger partial charge >= 0.3 is 6.18 Å². The van der Waals surface area contributed by atoms with Crippen molar-refractivity contribution in [1.82, 2.24) is 15.2 Å². The van der Waals surface area contributed by atoms with Crippen LogP contribution in [0.1, 0.15) is 24.1 Å². The summed E-state index contributed by atoms with van der Waals surface area (Å²) in [7, 11) is 0. The van der Waals surface area contributed by atoms with Gasteiger partial charge in [-0.25, -0.2) is 4.98 Å². The van der Waals surface area contributed by atoms with Crippen LogP contribution in [-0.4, -0.2) is 41.2 Å². The van der Waals surface area contributed by atoms with E-state index in [1.54, 1.807) is 6.07 Å². The van der Waals surface area contributed by atoms with Gasteiger partial charge in [-0.3, -0.25) is 4.79 Å². The number of aromatic nitrogens is 1. The predicted octanol–water partition coefficient (Wildman–Crippen LogP) is 2.54. The minimum absolute atomic E-state index is 0.0861. The van der Waals surface area contributed by atoms with E-state index in [4.69, 9.17) is 4.74 Å². The van der Waals surface area contributed by atoms with Crippen LogP contribution in [0.15, 0.2) is 34.3 Å². The highest BCUT2D eigenvalue weighted by molar-refractivity contribution is 5.83. The van der Waals surface area contributed by atoms with Gasteiger partial charge in [-0.1, -0.05) is 0 Å². The molecule has 0 saturated carbocycles. The molecular weight excluding hydrogens is 363 g/mol. The average Bonchev–Trinajstić information content (AvgIpc) is 3.04. The molecule has 3 aliphatic heterocycles. The molecule has 0 aromatic carbocycles. The summed E-state index contributed by atoms with van der Waals surface area (Å²) < 4.78 is 45.9. The second-order valence-corrected chi connectivity index (χ2v) is 6.76. The fourth-order valence-electron chi connectivity index (χ4n) is 3.54. The zero-order valence-electron chi connectivity index (χ0n) is 14.4. The topological polar surface area (TPSA) is 79.2 Å². The van der Waals surface area contributed by atoms with Gasteiger partial charge in [0.2, 0.25) is 5.88 Å². The first kappa shape index (κ1) is 17.9. The Kier molecular flexibility index (Phi) is 4.58. The van der Waals surface area contributed by atoms with E-state index in [9.17, 15) is 18.0 Å². The zero-order valence-corrected chi connectivity index (χ0v) is 14.4. The highest BCUT2D eigenvalue weighted by Gasteiger charge is 2.50. The minimum atomic E-state index is -4.71. The molecule has 1 aromatic heterocycles. The van der Waals surface area contributed by atoms with Crippen LogP contribution in [0.4, 0.5) is 13.2 Å². The van der Waals surface area contributed by atoms with Crippen LogP contribution in [0.2, 0.25) is 0 Å². The van der Waals surface area contributed by atoms with Crippen molar-refractivity contribution in [3.63, 3.8) is 0 Å². The first-order chi connectivity index (χ1) is 12.9. The molecule has 3 aliphatic rings. The van der Waals surface area contributed by atoms with Crippen LogP contribution in [0, 0.1) is 5.92 Å². The highest BCUT2D eigenvalue weighted by Crippen LogP contribution is 2.39. The van der Waals surface area contributed by atoms with Crippen LogP contribution in [-0.2, 0) is 17.9 Å². The molecule has 0 radical (unpaired) electrons. The molecule has 1 unspecified atom stereocenters. The standard InChI is InChI=1S/C17H18F3N5O2/c18-17(19,20)15-13(7-22-24-16(15)26)25-8-10-1-2-14(23-12(10)9-25)27-11-3-5-21-6-4-11/h1-2,7,11,15,21H,3-6,8-9H2. The van der Waals surface area contributed by atoms with Gasteiger partial charge in [0.15, 0.2) is 5.92 Å². The average molecular weight is 381 g/mol. The molecule has 4 heterocycles. The Balaban J connectivity index is 1.51. The normalized spacial score (nSPS) is 23.4. The molecule has 0 spiro atoms. The van der Waals surface area contributed by atoms with E-state index in [2.05, 4.69) is 20.5 Å². The Bertz CT molecular complexity index is 802. The summed E-state index contributed by atoms with van der Waals surface area (Å²) in [6, 6.07) is 3.56. The first-order valence-electron chi connectivity index (χ1n) is 8.74. The molecule has 1 amide bonds. The number of nitrogens with one attached hydrogen (secondary N) is 1. The quantitative estimate of drug-likeness (QED) is 0.871. The van der Waals surface area contributed by atoms with E-state index in [0.717, 1.165) is 37.7 Å². The lowest BCUT2D eigenvalue weighted by molar-refractivity contribution is -0.177. The van der Waals surface area contributed by atoms with Crippen molar-refractivity contribution in [3.8, 4) is 5.88 Å². The van der Waals surface area contributed by atoms with E-state index in [1.165, 1.54) is 4.90 Å². The van der Waals surface area contributed by atoms with Crippen molar-refractivity contribution >= 4 is 5.91 Å². The van der Waals surface area contributed by atoms with Crippen molar-refractivity contribution < 1.29 is 22.7 Å². The lowest BCUT2D eigenvalue weighted by atomic mass is 10.0. The Morgan fingerprint density at radius 2 is 1.96 bits per heavy atom. The summed E-state index contributed by atoms with van der Waals surface area (Å²) in [4.78, 5) is 17.6. The number of pyridine rings is 1. The zero-order chi connectivity index (χ0) is 19.0. The molecule has 0 bridgehead atoms. The summed E-state index contributed by atoms with van der Waals surface area (Å²) in [5.41, 5.74) is 1.27. The van der Waals surface area contributed by atoms with Crippen molar-refractivity contribution in [2.75, 3.05) is 13.1 Å². The number of nitrogens with zero attached hydrogens (tertiary/aromatic N) is 4. The van der Waals surface area contributed by atoms with Gasteiger partial charge in [-0.05, 0) is 37.6 Å². The fraction of sp³-hybridized carbons (Fsp3) is 0.529. The van der Waals surface area contributed by atoms with E-state index in [-0.39, 0.29) is 24.9 Å². The van der Waals surface area contributed by atoms with E-state index in [0.29, 0.717) is 11.6 Å². The summed E-state index contributed by atoms with van der Waals surface area (Å²) in [6.07, 6.45) is -1.84. The maximum absolute atomic E-state index is 13.3. The number of hydrogen-bond acceptors (Lipinski definition) is 6. The number of carbonyl (C=O) groups excluding carboxylic acids is 1. The monoisotopic (exact) mass is 381 g/mol. The van der Waals surface area contributed by atoms with E-state index < -0.39 is 18.0 Å². The molecular formula is C17H18F3N5O2. The summed E-state index contributed by atoms with van der Waals surface area (Å²) >= 11 is 0. The van der Waals surface area contributed by atoms with Gasteiger partial charge < -0.3 is 15.0 Å². The Morgan fingerprint density at radius 1 is 1.19 bits per heavy atom. The number of piperidine rings is 1. The number of amides is 1. The van der Waals surface area contributed by atoms with Crippen LogP contribution in [0.3, 0.4) is 0 Å². The molecule has 10 heteroatoms.